The summed E-state index contributed by atoms with van der Waals surface area (Å²) in [7, 11) is 0. The second-order valence-electron chi connectivity index (χ2n) is 4.64. The zero-order valence-electron chi connectivity index (χ0n) is 10.1. The van der Waals surface area contributed by atoms with Crippen molar-refractivity contribution < 1.29 is 8.78 Å². The van der Waals surface area contributed by atoms with E-state index in [1.807, 2.05) is 6.07 Å². The first-order valence-electron chi connectivity index (χ1n) is 6.14. The second kappa shape index (κ2) is 4.82. The molecule has 0 spiro atoms. The first-order chi connectivity index (χ1) is 9.16. The van der Waals surface area contributed by atoms with Crippen LogP contribution in [0.2, 0.25) is 5.02 Å². The minimum Gasteiger partial charge on any atom is -0.376 e. The minimum absolute atomic E-state index is 0.0707. The van der Waals surface area contributed by atoms with Crippen LogP contribution in [0.25, 0.3) is 0 Å². The minimum atomic E-state index is -0.464. The number of anilines is 1. The Morgan fingerprint density at radius 3 is 2.74 bits per heavy atom. The van der Waals surface area contributed by atoms with Crippen LogP contribution in [-0.4, -0.2) is 0 Å². The molecule has 1 nitrogen and oxygen atoms in total. The van der Waals surface area contributed by atoms with Crippen molar-refractivity contribution in [3.8, 4) is 0 Å². The summed E-state index contributed by atoms with van der Waals surface area (Å²) >= 11 is 5.75. The van der Waals surface area contributed by atoms with Crippen LogP contribution in [0.5, 0.6) is 0 Å². The van der Waals surface area contributed by atoms with Crippen molar-refractivity contribution in [3.63, 3.8) is 0 Å². The lowest BCUT2D eigenvalue weighted by molar-refractivity contribution is 0.612. The van der Waals surface area contributed by atoms with E-state index in [1.54, 1.807) is 18.2 Å². The van der Waals surface area contributed by atoms with Gasteiger partial charge in [0, 0.05) is 0 Å². The Labute approximate surface area is 115 Å². The van der Waals surface area contributed by atoms with Gasteiger partial charge in [-0.1, -0.05) is 29.8 Å². The lowest BCUT2D eigenvalue weighted by Crippen LogP contribution is -2.08. The van der Waals surface area contributed by atoms with E-state index < -0.39 is 5.82 Å². The van der Waals surface area contributed by atoms with E-state index >= 15 is 0 Å². The third kappa shape index (κ3) is 2.19. The second-order valence-corrected chi connectivity index (χ2v) is 5.05. The third-order valence-electron chi connectivity index (χ3n) is 3.49. The summed E-state index contributed by atoms with van der Waals surface area (Å²) in [5.74, 6) is -0.651. The normalized spacial score (nSPS) is 17.3. The molecule has 1 N–H and O–H groups in total. The highest BCUT2D eigenvalue weighted by molar-refractivity contribution is 6.31. The molecule has 0 radical (unpaired) electrons. The van der Waals surface area contributed by atoms with Crippen LogP contribution >= 0.6 is 11.6 Å². The molecule has 19 heavy (non-hydrogen) atoms. The van der Waals surface area contributed by atoms with Crippen LogP contribution in [0.4, 0.5) is 14.5 Å². The van der Waals surface area contributed by atoms with Gasteiger partial charge in [0.2, 0.25) is 0 Å². The maximum atomic E-state index is 13.8. The van der Waals surface area contributed by atoms with Gasteiger partial charge in [0.15, 0.2) is 5.82 Å². The monoisotopic (exact) mass is 279 g/mol. The van der Waals surface area contributed by atoms with Gasteiger partial charge >= 0.3 is 0 Å². The van der Waals surface area contributed by atoms with Gasteiger partial charge in [-0.2, -0.15) is 0 Å². The zero-order valence-corrected chi connectivity index (χ0v) is 10.8. The molecular weight excluding hydrogens is 268 g/mol. The number of nitrogens with one attached hydrogen (secondary N) is 1. The van der Waals surface area contributed by atoms with E-state index in [0.29, 0.717) is 12.1 Å². The quantitative estimate of drug-likeness (QED) is 0.839. The Kier molecular flexibility index (Phi) is 3.15. The molecule has 0 heterocycles. The summed E-state index contributed by atoms with van der Waals surface area (Å²) < 4.78 is 27.5. The molecule has 2 aromatic carbocycles. The van der Waals surface area contributed by atoms with E-state index in [-0.39, 0.29) is 16.9 Å². The predicted molar refractivity (Wildman–Crippen MR) is 72.5 cm³/mol. The summed E-state index contributed by atoms with van der Waals surface area (Å²) in [6.45, 7) is 0. The summed E-state index contributed by atoms with van der Waals surface area (Å²) in [6, 6.07) is 9.78. The molecule has 0 amide bonds. The Morgan fingerprint density at radius 2 is 1.89 bits per heavy atom. The average Bonchev–Trinajstić information content (AvgIpc) is 2.80. The van der Waals surface area contributed by atoms with E-state index in [0.717, 1.165) is 17.5 Å². The number of benzene rings is 2. The molecule has 0 aromatic heterocycles. The fraction of sp³-hybridized carbons (Fsp3) is 0.200. The van der Waals surface area contributed by atoms with Gasteiger partial charge in [-0.15, -0.1) is 0 Å². The highest BCUT2D eigenvalue weighted by atomic mass is 35.5. The first kappa shape index (κ1) is 12.4. The molecule has 0 bridgehead atoms. The molecule has 0 fully saturated rings. The largest absolute Gasteiger partial charge is 0.376 e. The van der Waals surface area contributed by atoms with Crippen molar-refractivity contribution in [3.05, 3.63) is 64.2 Å². The lowest BCUT2D eigenvalue weighted by Gasteiger charge is -2.16. The van der Waals surface area contributed by atoms with Crippen molar-refractivity contribution >= 4 is 17.3 Å². The number of rotatable bonds is 2. The Hall–Kier alpha value is -1.61. The molecule has 1 aliphatic carbocycles. The smallest absolute Gasteiger partial charge is 0.164 e. The molecule has 1 atom stereocenters. The predicted octanol–water partition coefficient (Wildman–Crippen LogP) is 4.72. The van der Waals surface area contributed by atoms with E-state index in [1.165, 1.54) is 12.1 Å². The van der Waals surface area contributed by atoms with Crippen molar-refractivity contribution in [2.24, 2.45) is 0 Å². The molecule has 4 heteroatoms. The standard InChI is InChI=1S/C15H12ClF2N/c16-11-4-2-6-14(15(11)18)19-13-8-7-9-10(13)3-1-5-12(9)17/h1-6,13,19H,7-8H2. The van der Waals surface area contributed by atoms with Gasteiger partial charge in [0.05, 0.1) is 16.8 Å². The summed E-state index contributed by atoms with van der Waals surface area (Å²) in [6.07, 6.45) is 1.42. The summed E-state index contributed by atoms with van der Waals surface area (Å²) in [4.78, 5) is 0. The van der Waals surface area contributed by atoms with Gasteiger partial charge in [0.1, 0.15) is 5.82 Å². The van der Waals surface area contributed by atoms with Gasteiger partial charge in [-0.3, -0.25) is 0 Å². The van der Waals surface area contributed by atoms with Crippen LogP contribution in [0.3, 0.4) is 0 Å². The molecule has 1 unspecified atom stereocenters. The van der Waals surface area contributed by atoms with Crippen molar-refractivity contribution in [2.45, 2.75) is 18.9 Å². The highest BCUT2D eigenvalue weighted by Gasteiger charge is 2.25. The number of hydrogen-bond donors (Lipinski definition) is 1. The molecular formula is C15H12ClF2N. The van der Waals surface area contributed by atoms with Crippen LogP contribution in [0.15, 0.2) is 36.4 Å². The molecule has 0 saturated carbocycles. The van der Waals surface area contributed by atoms with Crippen molar-refractivity contribution in [2.75, 3.05) is 5.32 Å². The van der Waals surface area contributed by atoms with Gasteiger partial charge < -0.3 is 5.32 Å². The Bertz CT molecular complexity index is 628. The Balaban J connectivity index is 1.91. The van der Waals surface area contributed by atoms with Crippen LogP contribution in [0, 0.1) is 11.6 Å². The van der Waals surface area contributed by atoms with Crippen LogP contribution in [-0.2, 0) is 6.42 Å². The third-order valence-corrected chi connectivity index (χ3v) is 3.79. The molecule has 0 saturated heterocycles. The molecule has 0 aliphatic heterocycles. The maximum Gasteiger partial charge on any atom is 0.164 e. The maximum absolute atomic E-state index is 13.8. The number of fused-ring (bicyclic) bond motifs is 1. The number of hydrogen-bond acceptors (Lipinski definition) is 1. The zero-order chi connectivity index (χ0) is 13.4. The summed E-state index contributed by atoms with van der Waals surface area (Å²) in [5, 5.41) is 3.19. The molecule has 98 valence electrons. The van der Waals surface area contributed by atoms with Gasteiger partial charge in [-0.25, -0.2) is 8.78 Å². The van der Waals surface area contributed by atoms with E-state index in [9.17, 15) is 8.78 Å². The fourth-order valence-electron chi connectivity index (χ4n) is 2.56. The van der Waals surface area contributed by atoms with E-state index in [2.05, 4.69) is 5.32 Å². The van der Waals surface area contributed by atoms with Crippen LogP contribution < -0.4 is 5.32 Å². The van der Waals surface area contributed by atoms with Gasteiger partial charge in [-0.05, 0) is 42.2 Å². The molecule has 1 aliphatic rings. The average molecular weight is 280 g/mol. The first-order valence-corrected chi connectivity index (χ1v) is 6.52. The highest BCUT2D eigenvalue weighted by Crippen LogP contribution is 2.36. The molecule has 3 rings (SSSR count). The Morgan fingerprint density at radius 1 is 1.11 bits per heavy atom. The van der Waals surface area contributed by atoms with Crippen molar-refractivity contribution in [1.82, 2.24) is 0 Å². The van der Waals surface area contributed by atoms with E-state index in [4.69, 9.17) is 11.6 Å². The summed E-state index contributed by atoms with van der Waals surface area (Å²) in [5.41, 5.74) is 1.98. The van der Waals surface area contributed by atoms with Gasteiger partial charge in [0.25, 0.3) is 0 Å². The number of halogens is 3. The SMILES string of the molecule is Fc1cccc2c1CCC2Nc1cccc(Cl)c1F. The van der Waals surface area contributed by atoms with Crippen LogP contribution in [0.1, 0.15) is 23.6 Å². The van der Waals surface area contributed by atoms with Crippen molar-refractivity contribution in [1.29, 1.82) is 0 Å². The molecule has 2 aromatic rings. The fourth-order valence-corrected chi connectivity index (χ4v) is 2.74. The lowest BCUT2D eigenvalue weighted by atomic mass is 10.1. The topological polar surface area (TPSA) is 12.0 Å².